The van der Waals surface area contributed by atoms with E-state index in [1.54, 1.807) is 0 Å². The van der Waals surface area contributed by atoms with E-state index in [4.69, 9.17) is 15.8 Å². The summed E-state index contributed by atoms with van der Waals surface area (Å²) in [6.07, 6.45) is 3.81. The fourth-order valence-electron chi connectivity index (χ4n) is 3.94. The van der Waals surface area contributed by atoms with Crippen molar-refractivity contribution in [1.29, 1.82) is 10.8 Å². The van der Waals surface area contributed by atoms with E-state index >= 15 is 0 Å². The van der Waals surface area contributed by atoms with Crippen molar-refractivity contribution in [2.45, 2.75) is 26.8 Å². The molecule has 0 saturated carbocycles. The zero-order valence-corrected chi connectivity index (χ0v) is 18.4. The molecule has 0 spiro atoms. The number of anilines is 4. The Bertz CT molecular complexity index is 1200. The second kappa shape index (κ2) is 8.22. The number of aromatic nitrogens is 3. The highest BCUT2D eigenvalue weighted by atomic mass is 15.3. The van der Waals surface area contributed by atoms with Gasteiger partial charge < -0.3 is 15.1 Å². The van der Waals surface area contributed by atoms with E-state index in [-0.39, 0.29) is 6.91 Å². The molecule has 0 saturated heterocycles. The van der Waals surface area contributed by atoms with Gasteiger partial charge in [0.2, 0.25) is 0 Å². The van der Waals surface area contributed by atoms with Crippen LogP contribution >= 0.6 is 0 Å². The number of pyridine rings is 1. The highest BCUT2D eigenvalue weighted by Crippen LogP contribution is 2.30. The monoisotopic (exact) mass is 418 g/mol. The molecule has 4 rings (SSSR count). The van der Waals surface area contributed by atoms with Gasteiger partial charge in [-0.25, -0.2) is 4.68 Å². The predicted molar refractivity (Wildman–Crippen MR) is 127 cm³/mol. The maximum Gasteiger partial charge on any atom is 0.153 e. The Balaban J connectivity index is 0.00000289. The van der Waals surface area contributed by atoms with Crippen molar-refractivity contribution in [2.24, 2.45) is 0 Å². The van der Waals surface area contributed by atoms with Crippen molar-refractivity contribution in [3.63, 3.8) is 0 Å². The number of rotatable bonds is 5. The number of fused-ring (bicyclic) bond motifs is 1. The maximum absolute atomic E-state index is 8.16. The first kappa shape index (κ1) is 20.6. The van der Waals surface area contributed by atoms with Crippen LogP contribution in [0.1, 0.15) is 23.8 Å². The van der Waals surface area contributed by atoms with Crippen molar-refractivity contribution >= 4 is 29.2 Å². The van der Waals surface area contributed by atoms with Gasteiger partial charge >= 0.3 is 0 Å². The van der Waals surface area contributed by atoms with E-state index in [2.05, 4.69) is 38.4 Å². The molecule has 0 amide bonds. The highest BCUT2D eigenvalue weighted by Gasteiger charge is 2.22. The average Bonchev–Trinajstić information content (AvgIpc) is 2.77. The first-order valence-corrected chi connectivity index (χ1v) is 10.3. The molecule has 3 N–H and O–H groups in total. The molecule has 0 bridgehead atoms. The molecule has 0 radical (unpaired) electrons. The summed E-state index contributed by atoms with van der Waals surface area (Å²) in [5.41, 5.74) is 7.44. The Labute approximate surface area is 183 Å². The average molecular weight is 419 g/mol. The molecule has 3 aromatic rings. The van der Waals surface area contributed by atoms with Crippen molar-refractivity contribution in [1.82, 2.24) is 14.8 Å². The normalized spacial score (nSPS) is 13.0. The predicted octanol–water partition coefficient (Wildman–Crippen LogP) is 3.45. The lowest BCUT2D eigenvalue weighted by Crippen LogP contribution is -2.36. The van der Waals surface area contributed by atoms with Crippen molar-refractivity contribution in [3.8, 4) is 0 Å². The molecular weight excluding hydrogens is 388 g/mol. The maximum atomic E-state index is 8.16. The van der Waals surface area contributed by atoms with Gasteiger partial charge in [-0.15, -0.1) is 5.10 Å². The molecule has 1 aliphatic rings. The lowest BCUT2D eigenvalue weighted by atomic mass is 10.0. The van der Waals surface area contributed by atoms with Gasteiger partial charge in [0.05, 0.1) is 23.3 Å². The molecule has 0 unspecified atom stereocenters. The molecule has 0 aliphatic carbocycles. The van der Waals surface area contributed by atoms with Crippen LogP contribution in [0.4, 0.5) is 22.9 Å². The van der Waals surface area contributed by atoms with Crippen molar-refractivity contribution < 1.29 is 1.43 Å². The molecule has 162 valence electrons. The summed E-state index contributed by atoms with van der Waals surface area (Å²) in [5, 5.41) is 23.8. The van der Waals surface area contributed by atoms with Crippen LogP contribution in [-0.4, -0.2) is 41.7 Å². The van der Waals surface area contributed by atoms with Crippen molar-refractivity contribution in [3.05, 3.63) is 64.4 Å². The lowest BCUT2D eigenvalue weighted by Gasteiger charge is -2.31. The quantitative estimate of drug-likeness (QED) is 0.436. The Morgan fingerprint density at radius 3 is 2.71 bits per heavy atom. The van der Waals surface area contributed by atoms with Crippen LogP contribution in [0.3, 0.4) is 0 Å². The molecule has 3 heterocycles. The van der Waals surface area contributed by atoms with E-state index in [9.17, 15) is 0 Å². The van der Waals surface area contributed by atoms with Crippen LogP contribution in [0, 0.1) is 24.7 Å². The summed E-state index contributed by atoms with van der Waals surface area (Å²) < 4.78 is 1.32. The number of nitrogens with zero attached hydrogens (tertiary/aromatic N) is 5. The first-order valence-electron chi connectivity index (χ1n) is 10.3. The summed E-state index contributed by atoms with van der Waals surface area (Å²) in [5.74, 6) is 0.818. The Hall–Kier alpha value is -3.68. The second-order valence-corrected chi connectivity index (χ2v) is 8.03. The van der Waals surface area contributed by atoms with Gasteiger partial charge in [-0.2, -0.15) is 0 Å². The van der Waals surface area contributed by atoms with E-state index in [1.165, 1.54) is 4.68 Å². The van der Waals surface area contributed by atoms with E-state index in [0.29, 0.717) is 6.54 Å². The number of hydrogen-bond donors (Lipinski definition) is 3. The molecule has 8 heteroatoms. The van der Waals surface area contributed by atoms with Crippen LogP contribution in [0.15, 0.2) is 36.5 Å². The third-order valence-electron chi connectivity index (χ3n) is 5.81. The third kappa shape index (κ3) is 3.88. The zero-order chi connectivity index (χ0) is 22.1. The smallest absolute Gasteiger partial charge is 0.153 e. The Kier molecular flexibility index (Phi) is 5.46. The van der Waals surface area contributed by atoms with Crippen LogP contribution < -0.4 is 20.6 Å². The fourth-order valence-corrected chi connectivity index (χ4v) is 3.94. The molecule has 8 nitrogen and oxygen atoms in total. The van der Waals surface area contributed by atoms with Crippen molar-refractivity contribution in [2.75, 3.05) is 35.8 Å². The topological polar surface area (TPSA) is 96.9 Å². The van der Waals surface area contributed by atoms with E-state index in [1.807, 2.05) is 46.3 Å². The Morgan fingerprint density at radius 1 is 1.19 bits per heavy atom. The van der Waals surface area contributed by atoms with Crippen LogP contribution in [-0.2, 0) is 13.0 Å². The number of hydrogen-bond acceptors (Lipinski definition) is 7. The molecule has 1 aliphatic heterocycles. The third-order valence-corrected chi connectivity index (χ3v) is 5.81. The Morgan fingerprint density at radius 2 is 1.97 bits per heavy atom. The van der Waals surface area contributed by atoms with Gasteiger partial charge in [0, 0.05) is 46.3 Å². The minimum Gasteiger partial charge on any atom is -0.376 e. The van der Waals surface area contributed by atoms with Gasteiger partial charge in [-0.05, 0) is 43.2 Å². The molecule has 1 aromatic carbocycles. The molecule has 0 atom stereocenters. The minimum absolute atomic E-state index is 0. The standard InChI is InChI=1S/C23H28N8.H2/c1-15-16(2)23(28-31(14-24)22(15)25)30-10-9-19-17(13-30)11-18(12-26-19)27-20-7-5-6-8-21(20)29(3)4;/h5-8,11-12,14,24-25,27H,9-10,13H2,1-4H3;1H. The summed E-state index contributed by atoms with van der Waals surface area (Å²) in [4.78, 5) is 9.01. The summed E-state index contributed by atoms with van der Waals surface area (Å²) in [7, 11) is 4.06. The minimum atomic E-state index is 0. The van der Waals surface area contributed by atoms with Gasteiger partial charge in [0.1, 0.15) is 6.34 Å². The first-order chi connectivity index (χ1) is 14.9. The highest BCUT2D eigenvalue weighted by molar-refractivity contribution is 5.75. The summed E-state index contributed by atoms with van der Waals surface area (Å²) >= 11 is 0. The number of benzene rings is 1. The largest absolute Gasteiger partial charge is 0.376 e. The van der Waals surface area contributed by atoms with Gasteiger partial charge in [-0.1, -0.05) is 12.1 Å². The lowest BCUT2D eigenvalue weighted by molar-refractivity contribution is 0.677. The summed E-state index contributed by atoms with van der Waals surface area (Å²) in [6.45, 7) is 5.40. The van der Waals surface area contributed by atoms with Gasteiger partial charge in [0.15, 0.2) is 11.3 Å². The molecule has 2 aromatic heterocycles. The molecule has 0 fully saturated rings. The zero-order valence-electron chi connectivity index (χ0n) is 18.4. The second-order valence-electron chi connectivity index (χ2n) is 8.03. The molecule has 31 heavy (non-hydrogen) atoms. The van der Waals surface area contributed by atoms with E-state index in [0.717, 1.165) is 64.6 Å². The number of nitrogens with one attached hydrogen (secondary N) is 3. The molecular formula is C23H30N8. The number of para-hydroxylation sites is 2. The van der Waals surface area contributed by atoms with Crippen LogP contribution in [0.5, 0.6) is 0 Å². The van der Waals surface area contributed by atoms with Crippen LogP contribution in [0.25, 0.3) is 0 Å². The van der Waals surface area contributed by atoms with E-state index < -0.39 is 0 Å². The van der Waals surface area contributed by atoms with Crippen LogP contribution in [0.2, 0.25) is 0 Å². The summed E-state index contributed by atoms with van der Waals surface area (Å²) in [6, 6.07) is 10.4. The van der Waals surface area contributed by atoms with Gasteiger partial charge in [0.25, 0.3) is 0 Å². The SMILES string of the molecule is Cc1c(N2CCc3ncc(Nc4ccccc4N(C)C)cc3C2)nn(C=N)c(=N)c1C.[HH]. The fraction of sp³-hybridized carbons (Fsp3) is 0.304. The van der Waals surface area contributed by atoms with Gasteiger partial charge in [-0.3, -0.25) is 15.8 Å².